The van der Waals surface area contributed by atoms with Gasteiger partial charge in [0.25, 0.3) is 0 Å². The van der Waals surface area contributed by atoms with Gasteiger partial charge in [-0.1, -0.05) is 18.2 Å². The van der Waals surface area contributed by atoms with E-state index in [0.29, 0.717) is 12.2 Å². The number of nitrogens with one attached hydrogen (secondary N) is 1. The molecule has 0 bridgehead atoms. The van der Waals surface area contributed by atoms with Crippen LogP contribution in [-0.4, -0.2) is 63.0 Å². The Morgan fingerprint density at radius 2 is 1.90 bits per heavy atom. The lowest BCUT2D eigenvalue weighted by Gasteiger charge is -2.35. The molecule has 0 aromatic heterocycles. The molecule has 1 aliphatic carbocycles. The molecule has 31 heavy (non-hydrogen) atoms. The number of piperidine rings is 1. The van der Waals surface area contributed by atoms with Crippen molar-refractivity contribution in [1.29, 1.82) is 0 Å². The van der Waals surface area contributed by atoms with Crippen LogP contribution in [0.4, 0.5) is 0 Å². The average Bonchev–Trinajstić information content (AvgIpc) is 3.63. The summed E-state index contributed by atoms with van der Waals surface area (Å²) in [6.45, 7) is 5.14. The molecule has 1 unspecified atom stereocenters. The van der Waals surface area contributed by atoms with Crippen molar-refractivity contribution in [2.75, 3.05) is 40.0 Å². The zero-order valence-corrected chi connectivity index (χ0v) is 21.1. The molecule has 2 saturated heterocycles. The van der Waals surface area contributed by atoms with E-state index in [1.807, 2.05) is 13.1 Å². The smallest absolute Gasteiger partial charge is 0.193 e. The zero-order valence-electron chi connectivity index (χ0n) is 18.8. The summed E-state index contributed by atoms with van der Waals surface area (Å²) in [6.07, 6.45) is 8.92. The van der Waals surface area contributed by atoms with E-state index in [4.69, 9.17) is 14.2 Å². The first kappa shape index (κ1) is 24.6. The molecule has 0 radical (unpaired) electrons. The van der Waals surface area contributed by atoms with Gasteiger partial charge in [-0.3, -0.25) is 4.99 Å². The van der Waals surface area contributed by atoms with E-state index in [1.54, 1.807) is 0 Å². The summed E-state index contributed by atoms with van der Waals surface area (Å²) < 4.78 is 18.0. The zero-order chi connectivity index (χ0) is 20.6. The number of benzene rings is 1. The van der Waals surface area contributed by atoms with Gasteiger partial charge in [0.2, 0.25) is 0 Å². The molecule has 1 aromatic rings. The van der Waals surface area contributed by atoms with Gasteiger partial charge in [-0.05, 0) is 56.9 Å². The van der Waals surface area contributed by atoms with Crippen molar-refractivity contribution < 1.29 is 14.2 Å². The molecule has 174 valence electrons. The minimum absolute atomic E-state index is 0. The molecule has 1 N–H and O–H groups in total. The topological polar surface area (TPSA) is 55.3 Å². The summed E-state index contributed by atoms with van der Waals surface area (Å²) in [5.41, 5.74) is 1.19. The Morgan fingerprint density at radius 3 is 2.61 bits per heavy atom. The van der Waals surface area contributed by atoms with E-state index in [1.165, 1.54) is 31.2 Å². The third kappa shape index (κ3) is 7.79. The van der Waals surface area contributed by atoms with Crippen LogP contribution in [0.15, 0.2) is 29.3 Å². The SMILES string of the molecule is CN=C(NCc1ccccc1OCC1CC1)N1CCC(OCC2CCCCO2)CC1.I. The third-order valence-electron chi connectivity index (χ3n) is 6.33. The fourth-order valence-electron chi connectivity index (χ4n) is 4.21. The summed E-state index contributed by atoms with van der Waals surface area (Å²) in [5.74, 6) is 2.71. The Bertz CT molecular complexity index is 684. The van der Waals surface area contributed by atoms with Gasteiger partial charge < -0.3 is 24.4 Å². The van der Waals surface area contributed by atoms with Crippen molar-refractivity contribution in [2.24, 2.45) is 10.9 Å². The Morgan fingerprint density at radius 1 is 1.10 bits per heavy atom. The molecule has 4 rings (SSSR count). The number of rotatable bonds is 8. The summed E-state index contributed by atoms with van der Waals surface area (Å²) >= 11 is 0. The Labute approximate surface area is 204 Å². The lowest BCUT2D eigenvalue weighted by atomic mass is 10.1. The Hall–Kier alpha value is -1.06. The monoisotopic (exact) mass is 543 g/mol. The van der Waals surface area contributed by atoms with Crippen molar-refractivity contribution in [3.05, 3.63) is 29.8 Å². The molecular formula is C24H38IN3O3. The van der Waals surface area contributed by atoms with Gasteiger partial charge in [0.05, 0.1) is 25.4 Å². The average molecular weight is 543 g/mol. The maximum Gasteiger partial charge on any atom is 0.193 e. The highest BCUT2D eigenvalue weighted by Crippen LogP contribution is 2.30. The van der Waals surface area contributed by atoms with Crippen molar-refractivity contribution in [3.8, 4) is 5.75 Å². The van der Waals surface area contributed by atoms with Gasteiger partial charge in [0, 0.05) is 38.9 Å². The molecule has 0 amide bonds. The molecule has 2 aliphatic heterocycles. The van der Waals surface area contributed by atoms with Gasteiger partial charge in [0.15, 0.2) is 5.96 Å². The lowest BCUT2D eigenvalue weighted by Crippen LogP contribution is -2.47. The van der Waals surface area contributed by atoms with Crippen LogP contribution in [0.2, 0.25) is 0 Å². The van der Waals surface area contributed by atoms with Gasteiger partial charge >= 0.3 is 0 Å². The molecule has 3 aliphatic rings. The van der Waals surface area contributed by atoms with E-state index < -0.39 is 0 Å². The Kier molecular flexibility index (Phi) is 10.2. The number of hydrogen-bond acceptors (Lipinski definition) is 4. The van der Waals surface area contributed by atoms with Crippen molar-refractivity contribution >= 4 is 29.9 Å². The molecule has 2 heterocycles. The maximum atomic E-state index is 6.15. The van der Waals surface area contributed by atoms with E-state index >= 15 is 0 Å². The second-order valence-electron chi connectivity index (χ2n) is 8.77. The summed E-state index contributed by atoms with van der Waals surface area (Å²) in [5, 5.41) is 3.53. The van der Waals surface area contributed by atoms with E-state index in [-0.39, 0.29) is 24.0 Å². The molecule has 7 heteroatoms. The predicted molar refractivity (Wildman–Crippen MR) is 134 cm³/mol. The highest BCUT2D eigenvalue weighted by Gasteiger charge is 2.24. The molecule has 1 aromatic carbocycles. The number of hydrogen-bond donors (Lipinski definition) is 1. The number of likely N-dealkylation sites (tertiary alicyclic amines) is 1. The summed E-state index contributed by atoms with van der Waals surface area (Å²) in [4.78, 5) is 6.85. The number of ether oxygens (including phenoxy) is 3. The van der Waals surface area contributed by atoms with Gasteiger partial charge in [-0.25, -0.2) is 0 Å². The van der Waals surface area contributed by atoms with Crippen LogP contribution < -0.4 is 10.1 Å². The maximum absolute atomic E-state index is 6.15. The predicted octanol–water partition coefficient (Wildman–Crippen LogP) is 4.22. The number of nitrogens with zero attached hydrogens (tertiary/aromatic N) is 2. The normalized spacial score (nSPS) is 22.7. The van der Waals surface area contributed by atoms with Crippen molar-refractivity contribution in [2.45, 2.75) is 63.7 Å². The van der Waals surface area contributed by atoms with Crippen molar-refractivity contribution in [1.82, 2.24) is 10.2 Å². The quantitative estimate of drug-likeness (QED) is 0.303. The number of para-hydroxylation sites is 1. The standard InChI is InChI=1S/C24H37N3O3.HI/c1-25-24(26-16-20-6-2-3-8-23(20)30-17-19-9-10-19)27-13-11-21(12-14-27)29-18-22-7-4-5-15-28-22;/h2-3,6,8,19,21-22H,4-5,7,9-18H2,1H3,(H,25,26);1H. The van der Waals surface area contributed by atoms with Gasteiger partial charge in [-0.2, -0.15) is 0 Å². The van der Waals surface area contributed by atoms with Crippen LogP contribution >= 0.6 is 24.0 Å². The van der Waals surface area contributed by atoms with E-state index in [0.717, 1.165) is 76.3 Å². The second-order valence-corrected chi connectivity index (χ2v) is 8.77. The molecule has 6 nitrogen and oxygen atoms in total. The van der Waals surface area contributed by atoms with Crippen LogP contribution in [-0.2, 0) is 16.0 Å². The summed E-state index contributed by atoms with van der Waals surface area (Å²) in [7, 11) is 1.86. The molecule has 0 spiro atoms. The number of halogens is 1. The largest absolute Gasteiger partial charge is 0.493 e. The van der Waals surface area contributed by atoms with Crippen LogP contribution in [0.1, 0.15) is 50.5 Å². The molecule has 3 fully saturated rings. The minimum atomic E-state index is 0. The van der Waals surface area contributed by atoms with Gasteiger partial charge in [-0.15, -0.1) is 24.0 Å². The van der Waals surface area contributed by atoms with Crippen molar-refractivity contribution in [3.63, 3.8) is 0 Å². The molecule has 1 atom stereocenters. The Balaban J connectivity index is 0.00000272. The van der Waals surface area contributed by atoms with Crippen LogP contribution in [0.3, 0.4) is 0 Å². The van der Waals surface area contributed by atoms with Gasteiger partial charge in [0.1, 0.15) is 5.75 Å². The van der Waals surface area contributed by atoms with E-state index in [2.05, 4.69) is 33.4 Å². The van der Waals surface area contributed by atoms with Crippen LogP contribution in [0, 0.1) is 5.92 Å². The molecule has 1 saturated carbocycles. The first-order chi connectivity index (χ1) is 14.8. The van der Waals surface area contributed by atoms with E-state index in [9.17, 15) is 0 Å². The fraction of sp³-hybridized carbons (Fsp3) is 0.708. The first-order valence-electron chi connectivity index (χ1n) is 11.7. The highest BCUT2D eigenvalue weighted by atomic mass is 127. The highest BCUT2D eigenvalue weighted by molar-refractivity contribution is 14.0. The first-order valence-corrected chi connectivity index (χ1v) is 11.7. The fourth-order valence-corrected chi connectivity index (χ4v) is 4.21. The second kappa shape index (κ2) is 12.8. The number of aliphatic imine (C=N–C) groups is 1. The summed E-state index contributed by atoms with van der Waals surface area (Å²) in [6, 6.07) is 8.32. The molecular weight excluding hydrogens is 505 g/mol. The third-order valence-corrected chi connectivity index (χ3v) is 6.33. The lowest BCUT2D eigenvalue weighted by molar-refractivity contribution is -0.0721. The number of guanidine groups is 1. The van der Waals surface area contributed by atoms with Crippen LogP contribution in [0.5, 0.6) is 5.75 Å². The minimum Gasteiger partial charge on any atom is -0.493 e. The van der Waals surface area contributed by atoms with Crippen LogP contribution in [0.25, 0.3) is 0 Å².